The Hall–Kier alpha value is -2.31. The molecule has 2 atom stereocenters. The van der Waals surface area contributed by atoms with E-state index in [1.807, 2.05) is 0 Å². The number of carboxylic acid groups (broad SMARTS) is 1. The first-order valence-electron chi connectivity index (χ1n) is 5.33. The average Bonchev–Trinajstić information content (AvgIpc) is 3.02. The van der Waals surface area contributed by atoms with Crippen molar-refractivity contribution in [1.82, 2.24) is 15.1 Å². The van der Waals surface area contributed by atoms with Crippen LogP contribution in [0.2, 0.25) is 0 Å². The fourth-order valence-corrected chi connectivity index (χ4v) is 1.74. The van der Waals surface area contributed by atoms with Gasteiger partial charge < -0.3 is 9.63 Å². The number of carbonyl (C=O) groups is 1. The summed E-state index contributed by atoms with van der Waals surface area (Å²) in [5.41, 5.74) is 0.388. The van der Waals surface area contributed by atoms with Crippen molar-refractivity contribution in [2.24, 2.45) is 5.92 Å². The zero-order chi connectivity index (χ0) is 12.7. The molecule has 0 amide bonds. The minimum Gasteiger partial charge on any atom is -0.481 e. The van der Waals surface area contributed by atoms with Gasteiger partial charge in [0.05, 0.1) is 18.0 Å². The summed E-state index contributed by atoms with van der Waals surface area (Å²) in [6, 6.07) is 2.68. The third-order valence-corrected chi connectivity index (χ3v) is 2.82. The van der Waals surface area contributed by atoms with Crippen LogP contribution in [0.25, 0.3) is 11.5 Å². The molecule has 0 saturated heterocycles. The Morgan fingerprint density at radius 1 is 1.50 bits per heavy atom. The molecule has 0 aliphatic heterocycles. The van der Waals surface area contributed by atoms with Gasteiger partial charge in [-0.25, -0.2) is 9.37 Å². The van der Waals surface area contributed by atoms with Crippen LogP contribution in [0, 0.1) is 11.7 Å². The van der Waals surface area contributed by atoms with Gasteiger partial charge in [-0.3, -0.25) is 4.79 Å². The van der Waals surface area contributed by atoms with Crippen LogP contribution >= 0.6 is 0 Å². The molecule has 6 nitrogen and oxygen atoms in total. The van der Waals surface area contributed by atoms with E-state index >= 15 is 0 Å². The normalized spacial score (nSPS) is 21.8. The molecule has 1 aliphatic rings. The predicted molar refractivity (Wildman–Crippen MR) is 56.0 cm³/mol. The van der Waals surface area contributed by atoms with Gasteiger partial charge in [-0.2, -0.15) is 4.98 Å². The maximum absolute atomic E-state index is 12.7. The van der Waals surface area contributed by atoms with Gasteiger partial charge in [-0.1, -0.05) is 5.16 Å². The highest BCUT2D eigenvalue weighted by atomic mass is 19.1. The number of aliphatic carboxylic acids is 1. The van der Waals surface area contributed by atoms with E-state index in [0.717, 1.165) is 6.20 Å². The number of aromatic nitrogens is 3. The minimum atomic E-state index is -0.861. The van der Waals surface area contributed by atoms with Gasteiger partial charge in [0.2, 0.25) is 11.7 Å². The van der Waals surface area contributed by atoms with Gasteiger partial charge in [0.1, 0.15) is 11.5 Å². The summed E-state index contributed by atoms with van der Waals surface area (Å²) in [6.45, 7) is 0. The number of hydrogen-bond acceptors (Lipinski definition) is 5. The van der Waals surface area contributed by atoms with Gasteiger partial charge in [0, 0.05) is 0 Å². The van der Waals surface area contributed by atoms with Crippen LogP contribution in [0.3, 0.4) is 0 Å². The van der Waals surface area contributed by atoms with Crippen LogP contribution in [-0.2, 0) is 4.79 Å². The van der Waals surface area contributed by atoms with Crippen LogP contribution < -0.4 is 0 Å². The number of hydrogen-bond donors (Lipinski definition) is 1. The second kappa shape index (κ2) is 3.86. The smallest absolute Gasteiger partial charge is 0.307 e. The lowest BCUT2D eigenvalue weighted by molar-refractivity contribution is -0.138. The summed E-state index contributed by atoms with van der Waals surface area (Å²) in [5.74, 6) is -1.44. The Morgan fingerprint density at radius 2 is 2.33 bits per heavy atom. The second-order valence-electron chi connectivity index (χ2n) is 4.10. The van der Waals surface area contributed by atoms with Gasteiger partial charge in [0.25, 0.3) is 0 Å². The molecule has 1 N–H and O–H groups in total. The lowest BCUT2D eigenvalue weighted by atomic mass is 10.3. The van der Waals surface area contributed by atoms with Crippen LogP contribution in [0.5, 0.6) is 0 Å². The molecule has 3 rings (SSSR count). The van der Waals surface area contributed by atoms with Crippen molar-refractivity contribution in [3.8, 4) is 11.5 Å². The Labute approximate surface area is 100 Å². The summed E-state index contributed by atoms with van der Waals surface area (Å²) >= 11 is 0. The first-order chi connectivity index (χ1) is 8.65. The minimum absolute atomic E-state index is 0.218. The number of halogens is 1. The first kappa shape index (κ1) is 10.8. The topological polar surface area (TPSA) is 89.1 Å². The molecular weight excluding hydrogens is 241 g/mol. The van der Waals surface area contributed by atoms with Crippen LogP contribution in [0.15, 0.2) is 22.9 Å². The van der Waals surface area contributed by atoms with Crippen LogP contribution in [-0.4, -0.2) is 26.2 Å². The summed E-state index contributed by atoms with van der Waals surface area (Å²) < 4.78 is 17.7. The van der Waals surface area contributed by atoms with E-state index in [1.54, 1.807) is 0 Å². The summed E-state index contributed by atoms with van der Waals surface area (Å²) in [6.07, 6.45) is 1.57. The molecule has 2 heterocycles. The van der Waals surface area contributed by atoms with Crippen LogP contribution in [0.1, 0.15) is 18.2 Å². The lowest BCUT2D eigenvalue weighted by Gasteiger charge is -1.91. The number of pyridine rings is 1. The zero-order valence-corrected chi connectivity index (χ0v) is 9.08. The van der Waals surface area contributed by atoms with Crippen molar-refractivity contribution < 1.29 is 18.8 Å². The molecule has 0 radical (unpaired) electrons. The molecule has 7 heteroatoms. The molecule has 0 bridgehead atoms. The Kier molecular flexibility index (Phi) is 2.32. The average molecular weight is 249 g/mol. The molecule has 2 unspecified atom stereocenters. The second-order valence-corrected chi connectivity index (χ2v) is 4.10. The maximum atomic E-state index is 12.7. The van der Waals surface area contributed by atoms with Gasteiger partial charge in [-0.15, -0.1) is 0 Å². The van der Waals surface area contributed by atoms with E-state index < -0.39 is 17.7 Å². The molecular formula is C11H8FN3O3. The molecule has 18 heavy (non-hydrogen) atoms. The highest BCUT2D eigenvalue weighted by molar-refractivity contribution is 5.74. The third-order valence-electron chi connectivity index (χ3n) is 2.82. The molecule has 2 aromatic heterocycles. The zero-order valence-electron chi connectivity index (χ0n) is 9.08. The van der Waals surface area contributed by atoms with Gasteiger partial charge >= 0.3 is 5.97 Å². The monoisotopic (exact) mass is 249 g/mol. The van der Waals surface area contributed by atoms with Crippen molar-refractivity contribution >= 4 is 5.97 Å². The molecule has 1 saturated carbocycles. The summed E-state index contributed by atoms with van der Waals surface area (Å²) in [7, 11) is 0. The quantitative estimate of drug-likeness (QED) is 0.885. The predicted octanol–water partition coefficient (Wildman–Crippen LogP) is 1.46. The Morgan fingerprint density at radius 3 is 2.94 bits per heavy atom. The van der Waals surface area contributed by atoms with Crippen molar-refractivity contribution in [2.75, 3.05) is 0 Å². The van der Waals surface area contributed by atoms with E-state index in [1.165, 1.54) is 12.1 Å². The van der Waals surface area contributed by atoms with E-state index in [9.17, 15) is 9.18 Å². The first-order valence-corrected chi connectivity index (χ1v) is 5.33. The standard InChI is InChI=1S/C11H8FN3O3/c12-5-1-2-8(13-4-5)9-14-10(18-15-9)6-3-7(6)11(16)17/h1-2,4,6-7H,3H2,(H,16,17). The van der Waals surface area contributed by atoms with Crippen LogP contribution in [0.4, 0.5) is 4.39 Å². The van der Waals surface area contributed by atoms with Gasteiger partial charge in [-0.05, 0) is 18.6 Å². The highest BCUT2D eigenvalue weighted by Crippen LogP contribution is 2.47. The molecule has 1 fully saturated rings. The fraction of sp³-hybridized carbons (Fsp3) is 0.273. The summed E-state index contributed by atoms with van der Waals surface area (Å²) in [4.78, 5) is 18.6. The van der Waals surface area contributed by atoms with E-state index in [2.05, 4.69) is 15.1 Å². The SMILES string of the molecule is O=C(O)C1CC1c1nc(-c2ccc(F)cn2)no1. The molecule has 0 spiro atoms. The fourth-order valence-electron chi connectivity index (χ4n) is 1.74. The van der Waals surface area contributed by atoms with E-state index in [0.29, 0.717) is 18.0 Å². The largest absolute Gasteiger partial charge is 0.481 e. The molecule has 2 aromatic rings. The Bertz CT molecular complexity index is 596. The molecule has 92 valence electrons. The Balaban J connectivity index is 1.82. The highest BCUT2D eigenvalue weighted by Gasteiger charge is 2.48. The number of nitrogens with zero attached hydrogens (tertiary/aromatic N) is 3. The summed E-state index contributed by atoms with van der Waals surface area (Å²) in [5, 5.41) is 12.5. The van der Waals surface area contributed by atoms with Crippen molar-refractivity contribution in [3.05, 3.63) is 30.0 Å². The number of carboxylic acids is 1. The van der Waals surface area contributed by atoms with Crippen molar-refractivity contribution in [2.45, 2.75) is 12.3 Å². The van der Waals surface area contributed by atoms with Crippen molar-refractivity contribution in [1.29, 1.82) is 0 Å². The van der Waals surface area contributed by atoms with Crippen molar-refractivity contribution in [3.63, 3.8) is 0 Å². The van der Waals surface area contributed by atoms with E-state index in [-0.39, 0.29) is 11.7 Å². The van der Waals surface area contributed by atoms with E-state index in [4.69, 9.17) is 9.63 Å². The molecule has 0 aromatic carbocycles. The molecule has 1 aliphatic carbocycles. The number of rotatable bonds is 3. The van der Waals surface area contributed by atoms with Gasteiger partial charge in [0.15, 0.2) is 0 Å². The maximum Gasteiger partial charge on any atom is 0.307 e. The lowest BCUT2D eigenvalue weighted by Crippen LogP contribution is -1.99. The third kappa shape index (κ3) is 1.83.